The van der Waals surface area contributed by atoms with Gasteiger partial charge in [0, 0.05) is 68.3 Å². The van der Waals surface area contributed by atoms with Crippen molar-refractivity contribution in [2.45, 2.75) is 13.8 Å². The molecule has 4 aromatic carbocycles. The molecule has 74 heavy (non-hydrogen) atoms. The molecule has 366 valence electrons. The number of carbonyl (C=O) groups excluding carboxylic acids is 6. The Hall–Kier alpha value is -7.26. The predicted octanol–water partition coefficient (Wildman–Crippen LogP) is -0.834. The fourth-order valence-electron chi connectivity index (χ4n) is 8.11. The maximum absolute atomic E-state index is 13.7. The fraction of sp³-hybridized carbons (Fsp3) is 0.148. The summed E-state index contributed by atoms with van der Waals surface area (Å²) in [6.07, 6.45) is 3.42. The second kappa shape index (κ2) is 25.1. The second-order valence-electron chi connectivity index (χ2n) is 16.3. The number of ketones is 2. The zero-order valence-corrected chi connectivity index (χ0v) is 44.9. The molecule has 0 spiro atoms. The van der Waals surface area contributed by atoms with Crippen LogP contribution in [0.2, 0.25) is 0 Å². The van der Waals surface area contributed by atoms with Gasteiger partial charge in [-0.2, -0.15) is 0 Å². The van der Waals surface area contributed by atoms with Crippen LogP contribution in [0.25, 0.3) is 11.0 Å². The van der Waals surface area contributed by atoms with Crippen molar-refractivity contribution < 1.29 is 117 Å². The molecule has 8 rings (SSSR count). The SMILES string of the molecule is Cc1c(C(=O)c2ccc(N)c(C(=O)[O-])c2)c2ccccn2c1NC(=O)c1ccc(OCCOCCOCCOc2ccc(C(=O)Nc3c(C)c(C(=O)c4ccc(N)c(C(=O)[O-])c4)c4ccccn34)cc2)cc1.[Na+].[Na+]. The van der Waals surface area contributed by atoms with Gasteiger partial charge in [0.1, 0.15) is 36.3 Å². The van der Waals surface area contributed by atoms with Gasteiger partial charge in [-0.3, -0.25) is 19.2 Å². The third-order valence-electron chi connectivity index (χ3n) is 11.8. The van der Waals surface area contributed by atoms with Gasteiger partial charge < -0.3 is 69.7 Å². The van der Waals surface area contributed by atoms with E-state index in [1.165, 1.54) is 36.4 Å². The van der Waals surface area contributed by atoms with Crippen LogP contribution in [-0.4, -0.2) is 83.8 Å². The summed E-state index contributed by atoms with van der Waals surface area (Å²) in [5, 5.41) is 28.9. The van der Waals surface area contributed by atoms with Gasteiger partial charge in [-0.25, -0.2) is 0 Å². The number of carboxylic acids is 2. The number of nitrogens with two attached hydrogens (primary N) is 2. The van der Waals surface area contributed by atoms with Crippen LogP contribution in [0.4, 0.5) is 23.0 Å². The molecule has 18 nitrogen and oxygen atoms in total. The van der Waals surface area contributed by atoms with E-state index in [0.717, 1.165) is 0 Å². The molecule has 0 aliphatic heterocycles. The number of carboxylic acid groups (broad SMARTS) is 2. The van der Waals surface area contributed by atoms with Crippen molar-refractivity contribution in [3.05, 3.63) is 189 Å². The van der Waals surface area contributed by atoms with Gasteiger partial charge in [0.05, 0.1) is 60.5 Å². The van der Waals surface area contributed by atoms with Gasteiger partial charge in [0.15, 0.2) is 11.6 Å². The Morgan fingerprint density at radius 3 is 1.20 bits per heavy atom. The molecular weight excluding hydrogens is 971 g/mol. The molecule has 0 unspecified atom stereocenters. The average molecular weight is 1020 g/mol. The number of pyridine rings is 2. The number of ether oxygens (including phenoxy) is 4. The van der Waals surface area contributed by atoms with Crippen LogP contribution in [0.5, 0.6) is 11.5 Å². The number of nitrogens with zero attached hydrogens (tertiary/aromatic N) is 2. The predicted molar refractivity (Wildman–Crippen MR) is 263 cm³/mol. The number of aromatic nitrogens is 2. The van der Waals surface area contributed by atoms with Crippen molar-refractivity contribution in [1.29, 1.82) is 0 Å². The largest absolute Gasteiger partial charge is 1.00 e. The van der Waals surface area contributed by atoms with Crippen molar-refractivity contribution in [3.8, 4) is 11.5 Å². The third-order valence-corrected chi connectivity index (χ3v) is 11.8. The van der Waals surface area contributed by atoms with Crippen LogP contribution in [0.15, 0.2) is 134 Å². The van der Waals surface area contributed by atoms with Crippen LogP contribution in [0.1, 0.15) is 84.4 Å². The summed E-state index contributed by atoms with van der Waals surface area (Å²) in [6.45, 7) is 5.08. The molecule has 4 heterocycles. The Kier molecular flexibility index (Phi) is 19.0. The van der Waals surface area contributed by atoms with Crippen molar-refractivity contribution in [3.63, 3.8) is 0 Å². The van der Waals surface area contributed by atoms with Gasteiger partial charge >= 0.3 is 59.1 Å². The molecule has 0 atom stereocenters. The minimum Gasteiger partial charge on any atom is -0.545 e. The summed E-state index contributed by atoms with van der Waals surface area (Å²) < 4.78 is 26.2. The standard InChI is InChI=1S/C54H48N6O12.2Na/c1-31-45(47(61)35-13-19-41(55)39(29-35)53(65)66)43-7-3-5-21-59(43)49(31)57-51(63)33-9-15-37(16-10-33)71-27-25-69-23-24-70-26-28-72-38-17-11-34(12-18-38)52(64)58-50-32(2)46(44-8-4-6-22-60(44)50)48(62)36-14-20-42(56)40(30-36)54(67)68;;/h3-22,29-30H,23-28,55-56H2,1-2H3,(H,57,63)(H,58,64)(H,65,66)(H,67,68);;/q;2*+1/p-2. The molecule has 8 aromatic rings. The first-order chi connectivity index (χ1) is 34.7. The Morgan fingerprint density at radius 2 is 0.838 bits per heavy atom. The minimum absolute atomic E-state index is 0. The van der Waals surface area contributed by atoms with Crippen molar-refractivity contribution >= 4 is 69.4 Å². The molecular formula is C54H46N6Na2O12. The summed E-state index contributed by atoms with van der Waals surface area (Å²) in [5.74, 6) is -2.93. The maximum atomic E-state index is 13.7. The van der Waals surface area contributed by atoms with E-state index in [1.807, 2.05) is 0 Å². The summed E-state index contributed by atoms with van der Waals surface area (Å²) in [6, 6.07) is 31.5. The van der Waals surface area contributed by atoms with Gasteiger partial charge in [-0.1, -0.05) is 12.1 Å². The number of anilines is 4. The van der Waals surface area contributed by atoms with E-state index in [-0.39, 0.29) is 119 Å². The second-order valence-corrected chi connectivity index (χ2v) is 16.3. The van der Waals surface area contributed by atoms with E-state index in [9.17, 15) is 39.0 Å². The number of amides is 2. The third kappa shape index (κ3) is 12.4. The topological polar surface area (TPSA) is 270 Å². The van der Waals surface area contributed by atoms with E-state index in [1.54, 1.807) is 120 Å². The zero-order valence-electron chi connectivity index (χ0n) is 40.9. The molecule has 20 heteroatoms. The molecule has 0 bridgehead atoms. The monoisotopic (exact) mass is 1020 g/mol. The molecule has 0 fully saturated rings. The molecule has 0 radical (unpaired) electrons. The maximum Gasteiger partial charge on any atom is 1.00 e. The van der Waals surface area contributed by atoms with E-state index in [2.05, 4.69) is 10.6 Å². The Balaban J connectivity index is 0.00000446. The number of benzene rings is 4. The van der Waals surface area contributed by atoms with Crippen molar-refractivity contribution in [2.24, 2.45) is 0 Å². The summed E-state index contributed by atoms with van der Waals surface area (Å²) in [7, 11) is 0. The summed E-state index contributed by atoms with van der Waals surface area (Å²) in [5.41, 5.74) is 14.4. The first-order valence-electron chi connectivity index (χ1n) is 22.5. The molecule has 2 amide bonds. The Labute approximate surface area is 468 Å². The van der Waals surface area contributed by atoms with E-state index in [4.69, 9.17) is 30.4 Å². The fourth-order valence-corrected chi connectivity index (χ4v) is 8.11. The van der Waals surface area contributed by atoms with Crippen LogP contribution < -0.4 is 101 Å². The van der Waals surface area contributed by atoms with E-state index < -0.39 is 35.3 Å². The van der Waals surface area contributed by atoms with Gasteiger partial charge in [-0.05, 0) is 123 Å². The molecule has 0 saturated heterocycles. The van der Waals surface area contributed by atoms with Crippen LogP contribution in [0, 0.1) is 13.8 Å². The number of nitrogens with one attached hydrogen (secondary N) is 2. The van der Waals surface area contributed by atoms with Crippen molar-refractivity contribution in [2.75, 3.05) is 61.7 Å². The van der Waals surface area contributed by atoms with Crippen LogP contribution >= 0.6 is 0 Å². The zero-order chi connectivity index (χ0) is 51.1. The normalized spacial score (nSPS) is 10.8. The molecule has 6 N–H and O–H groups in total. The first-order valence-corrected chi connectivity index (χ1v) is 22.5. The number of fused-ring (bicyclic) bond motifs is 2. The number of nitrogen functional groups attached to an aromatic ring is 2. The number of hydrogen-bond donors (Lipinski definition) is 4. The van der Waals surface area contributed by atoms with Crippen LogP contribution in [-0.2, 0) is 9.47 Å². The quantitative estimate of drug-likeness (QED) is 0.0296. The number of hydrogen-bond acceptors (Lipinski definition) is 14. The van der Waals surface area contributed by atoms with Gasteiger partial charge in [0.2, 0.25) is 0 Å². The summed E-state index contributed by atoms with van der Waals surface area (Å²) in [4.78, 5) is 77.4. The van der Waals surface area contributed by atoms with Gasteiger partial charge in [0.25, 0.3) is 11.8 Å². The van der Waals surface area contributed by atoms with E-state index in [0.29, 0.717) is 80.8 Å². The Morgan fingerprint density at radius 1 is 0.486 bits per heavy atom. The minimum atomic E-state index is -1.50. The number of rotatable bonds is 21. The van der Waals surface area contributed by atoms with Crippen molar-refractivity contribution in [1.82, 2.24) is 8.80 Å². The first kappa shape index (κ1) is 56.0. The van der Waals surface area contributed by atoms with Gasteiger partial charge in [-0.15, -0.1) is 0 Å². The number of carbonyl (C=O) groups is 6. The number of aromatic carboxylic acids is 2. The molecule has 0 aliphatic rings. The van der Waals surface area contributed by atoms with E-state index >= 15 is 0 Å². The average Bonchev–Trinajstić information content (AvgIpc) is 3.82. The summed E-state index contributed by atoms with van der Waals surface area (Å²) >= 11 is 0. The molecule has 0 saturated carbocycles. The van der Waals surface area contributed by atoms with Crippen LogP contribution in [0.3, 0.4) is 0 Å². The smallest absolute Gasteiger partial charge is 0.545 e. The molecule has 0 aliphatic carbocycles. The Bertz CT molecular complexity index is 3180. The molecule has 4 aromatic heterocycles.